The molecule has 11 rings (SSSR count). The minimum atomic E-state index is -0.503. The first-order valence-corrected chi connectivity index (χ1v) is 20.8. The van der Waals surface area contributed by atoms with Gasteiger partial charge >= 0.3 is 0 Å². The highest BCUT2D eigenvalue weighted by Crippen LogP contribution is 2.59. The number of fused-ring (bicyclic) bond motifs is 4. The van der Waals surface area contributed by atoms with Gasteiger partial charge in [-0.3, -0.25) is 0 Å². The second-order valence-corrected chi connectivity index (χ2v) is 15.6. The molecule has 0 bridgehead atoms. The quantitative estimate of drug-likeness (QED) is 0.149. The van der Waals surface area contributed by atoms with E-state index in [0.29, 0.717) is 0 Å². The van der Waals surface area contributed by atoms with Crippen LogP contribution < -0.4 is 4.90 Å². The highest BCUT2D eigenvalue weighted by Gasteiger charge is 2.47. The Kier molecular flexibility index (Phi) is 8.79. The molecule has 0 atom stereocenters. The second-order valence-electron chi connectivity index (χ2n) is 15.6. The zero-order chi connectivity index (χ0) is 39.9. The van der Waals surface area contributed by atoms with Gasteiger partial charge in [0, 0.05) is 16.9 Å². The summed E-state index contributed by atoms with van der Waals surface area (Å²) in [5, 5.41) is 2.50. The van der Waals surface area contributed by atoms with Gasteiger partial charge in [-0.25, -0.2) is 0 Å². The van der Waals surface area contributed by atoms with E-state index in [1.54, 1.807) is 0 Å². The number of nitrogens with zero attached hydrogens (tertiary/aromatic N) is 1. The van der Waals surface area contributed by atoms with Crippen molar-refractivity contribution in [2.75, 3.05) is 4.90 Å². The molecule has 0 amide bonds. The third-order valence-corrected chi connectivity index (χ3v) is 12.4. The molecule has 0 aliphatic heterocycles. The number of anilines is 3. The Morgan fingerprint density at radius 1 is 0.300 bits per heavy atom. The van der Waals surface area contributed by atoms with Crippen molar-refractivity contribution >= 4 is 27.8 Å². The van der Waals surface area contributed by atoms with E-state index < -0.39 is 5.41 Å². The zero-order valence-electron chi connectivity index (χ0n) is 33.1. The standard InChI is InChI=1S/C59H41N/c1-4-17-42(18-5-1)43-33-35-44(36-34-43)47-21-14-26-51(41-47)60(50-39-37-46(38-40-50)53-29-15-20-45-19-10-11-27-52(45)53)57-32-16-31-56-58(57)54-28-12-13-30-55(54)59(56,48-22-6-2-7-23-48)49-24-8-3-9-25-49/h1-41H. The van der Waals surface area contributed by atoms with Crippen LogP contribution in [0.2, 0.25) is 0 Å². The van der Waals surface area contributed by atoms with Gasteiger partial charge in [-0.05, 0) is 102 Å². The molecule has 1 aliphatic carbocycles. The molecule has 1 heteroatoms. The Bertz CT molecular complexity index is 3070. The van der Waals surface area contributed by atoms with Gasteiger partial charge in [0.2, 0.25) is 0 Å². The normalized spacial score (nSPS) is 12.5. The van der Waals surface area contributed by atoms with E-state index in [4.69, 9.17) is 0 Å². The Hall–Kier alpha value is -7.74. The van der Waals surface area contributed by atoms with E-state index in [9.17, 15) is 0 Å². The summed E-state index contributed by atoms with van der Waals surface area (Å²) in [4.78, 5) is 2.47. The number of hydrogen-bond donors (Lipinski definition) is 0. The van der Waals surface area contributed by atoms with Crippen LogP contribution in [0.4, 0.5) is 17.1 Å². The van der Waals surface area contributed by atoms with Crippen molar-refractivity contribution in [1.82, 2.24) is 0 Å². The molecule has 60 heavy (non-hydrogen) atoms. The lowest BCUT2D eigenvalue weighted by Crippen LogP contribution is -2.28. The van der Waals surface area contributed by atoms with E-state index >= 15 is 0 Å². The van der Waals surface area contributed by atoms with Crippen molar-refractivity contribution in [3.05, 3.63) is 271 Å². The Balaban J connectivity index is 1.12. The Labute approximate surface area is 352 Å². The molecule has 1 aliphatic rings. The predicted octanol–water partition coefficient (Wildman–Crippen LogP) is 15.7. The summed E-state index contributed by atoms with van der Waals surface area (Å²) in [6, 6.07) is 91.0. The summed E-state index contributed by atoms with van der Waals surface area (Å²) in [7, 11) is 0. The smallest absolute Gasteiger partial charge is 0.0714 e. The lowest BCUT2D eigenvalue weighted by Gasteiger charge is -2.34. The average molecular weight is 764 g/mol. The summed E-state index contributed by atoms with van der Waals surface area (Å²) in [6.45, 7) is 0. The van der Waals surface area contributed by atoms with Crippen molar-refractivity contribution in [2.24, 2.45) is 0 Å². The van der Waals surface area contributed by atoms with Gasteiger partial charge in [0.15, 0.2) is 0 Å². The maximum Gasteiger partial charge on any atom is 0.0714 e. The van der Waals surface area contributed by atoms with Crippen molar-refractivity contribution < 1.29 is 0 Å². The number of hydrogen-bond acceptors (Lipinski definition) is 1. The SMILES string of the molecule is c1ccc(-c2ccc(-c3cccc(N(c4ccc(-c5cccc6ccccc56)cc4)c4cccc5c4-c4ccccc4C5(c4ccccc4)c4ccccc4)c3)cc2)cc1. The van der Waals surface area contributed by atoms with Crippen molar-refractivity contribution in [2.45, 2.75) is 5.41 Å². The molecule has 0 aromatic heterocycles. The third-order valence-electron chi connectivity index (χ3n) is 12.4. The fourth-order valence-corrected chi connectivity index (χ4v) is 9.66. The largest absolute Gasteiger partial charge is 0.310 e. The number of benzene rings is 10. The van der Waals surface area contributed by atoms with Crippen LogP contribution in [0.3, 0.4) is 0 Å². The maximum atomic E-state index is 2.47. The highest BCUT2D eigenvalue weighted by molar-refractivity contribution is 5.99. The summed E-state index contributed by atoms with van der Waals surface area (Å²) in [5.74, 6) is 0. The molecule has 0 unspecified atom stereocenters. The maximum absolute atomic E-state index is 2.47. The molecule has 282 valence electrons. The van der Waals surface area contributed by atoms with Gasteiger partial charge in [0.25, 0.3) is 0 Å². The fourth-order valence-electron chi connectivity index (χ4n) is 9.66. The predicted molar refractivity (Wildman–Crippen MR) is 252 cm³/mol. The van der Waals surface area contributed by atoms with Crippen molar-refractivity contribution in [3.63, 3.8) is 0 Å². The lowest BCUT2D eigenvalue weighted by molar-refractivity contribution is 0.768. The summed E-state index contributed by atoms with van der Waals surface area (Å²) in [5.41, 5.74) is 17.6. The van der Waals surface area contributed by atoms with Gasteiger partial charge in [-0.1, -0.05) is 218 Å². The first-order chi connectivity index (χ1) is 29.8. The van der Waals surface area contributed by atoms with Gasteiger partial charge in [0.05, 0.1) is 11.1 Å². The molecule has 1 nitrogen and oxygen atoms in total. The topological polar surface area (TPSA) is 3.24 Å². The van der Waals surface area contributed by atoms with Crippen LogP contribution in [-0.4, -0.2) is 0 Å². The van der Waals surface area contributed by atoms with Crippen molar-refractivity contribution in [3.8, 4) is 44.5 Å². The Morgan fingerprint density at radius 2 is 0.800 bits per heavy atom. The monoisotopic (exact) mass is 763 g/mol. The molecule has 0 spiro atoms. The van der Waals surface area contributed by atoms with Crippen LogP contribution >= 0.6 is 0 Å². The lowest BCUT2D eigenvalue weighted by atomic mass is 9.68. The van der Waals surface area contributed by atoms with Crippen LogP contribution in [0, 0.1) is 0 Å². The minimum absolute atomic E-state index is 0.503. The zero-order valence-corrected chi connectivity index (χ0v) is 33.1. The molecule has 0 fully saturated rings. The van der Waals surface area contributed by atoms with E-state index in [1.807, 2.05) is 0 Å². The molecule has 0 N–H and O–H groups in total. The first-order valence-electron chi connectivity index (χ1n) is 20.8. The summed E-state index contributed by atoms with van der Waals surface area (Å²) < 4.78 is 0. The Morgan fingerprint density at radius 3 is 1.53 bits per heavy atom. The van der Waals surface area contributed by atoms with Crippen LogP contribution in [0.25, 0.3) is 55.3 Å². The first kappa shape index (κ1) is 35.4. The molecule has 10 aromatic carbocycles. The van der Waals surface area contributed by atoms with Gasteiger partial charge in [0.1, 0.15) is 0 Å². The average Bonchev–Trinajstić information content (AvgIpc) is 3.64. The summed E-state index contributed by atoms with van der Waals surface area (Å²) >= 11 is 0. The highest BCUT2D eigenvalue weighted by atomic mass is 15.1. The van der Waals surface area contributed by atoms with E-state index in [-0.39, 0.29) is 0 Å². The van der Waals surface area contributed by atoms with Gasteiger partial charge < -0.3 is 4.90 Å². The van der Waals surface area contributed by atoms with Gasteiger partial charge in [-0.2, -0.15) is 0 Å². The third kappa shape index (κ3) is 5.86. The molecule has 0 heterocycles. The van der Waals surface area contributed by atoms with Crippen LogP contribution in [0.1, 0.15) is 22.3 Å². The van der Waals surface area contributed by atoms with E-state index in [0.717, 1.165) is 17.1 Å². The van der Waals surface area contributed by atoms with Crippen molar-refractivity contribution in [1.29, 1.82) is 0 Å². The number of rotatable bonds is 8. The molecule has 0 radical (unpaired) electrons. The van der Waals surface area contributed by atoms with E-state index in [2.05, 4.69) is 254 Å². The van der Waals surface area contributed by atoms with Gasteiger partial charge in [-0.15, -0.1) is 0 Å². The van der Waals surface area contributed by atoms with Crippen LogP contribution in [0.15, 0.2) is 249 Å². The van der Waals surface area contributed by atoms with E-state index in [1.165, 1.54) is 77.5 Å². The van der Waals surface area contributed by atoms with Crippen LogP contribution in [-0.2, 0) is 5.41 Å². The molecule has 0 saturated carbocycles. The fraction of sp³-hybridized carbons (Fsp3) is 0.0169. The molecule has 0 saturated heterocycles. The minimum Gasteiger partial charge on any atom is -0.310 e. The van der Waals surface area contributed by atoms with Crippen LogP contribution in [0.5, 0.6) is 0 Å². The summed E-state index contributed by atoms with van der Waals surface area (Å²) in [6.07, 6.45) is 0. The molecular weight excluding hydrogens is 723 g/mol. The molecular formula is C59H41N. The molecule has 10 aromatic rings. The second kappa shape index (κ2) is 14.9.